The zero-order valence-electron chi connectivity index (χ0n) is 22.9. The number of likely N-dealkylation sites (N-methyl/N-ethyl adjacent to an activating group) is 1. The Kier molecular flexibility index (Phi) is 9.96. The van der Waals surface area contributed by atoms with Gasteiger partial charge in [-0.2, -0.15) is 0 Å². The maximum absolute atomic E-state index is 14.3. The molecule has 9 heteroatoms. The molecule has 0 fully saturated rings. The minimum absolute atomic E-state index is 0.0694. The van der Waals surface area contributed by atoms with Gasteiger partial charge >= 0.3 is 0 Å². The number of carbonyl (C=O) groups excluding carboxylic acids is 2. The summed E-state index contributed by atoms with van der Waals surface area (Å²) in [5.41, 5.74) is 2.88. The van der Waals surface area contributed by atoms with E-state index in [2.05, 4.69) is 21.2 Å². The summed E-state index contributed by atoms with van der Waals surface area (Å²) in [7, 11) is -2.58. The summed E-state index contributed by atoms with van der Waals surface area (Å²) >= 11 is 3.48. The van der Waals surface area contributed by atoms with E-state index in [0.717, 1.165) is 25.5 Å². The number of hydrogen-bond donors (Lipinski definition) is 1. The van der Waals surface area contributed by atoms with Gasteiger partial charge in [0.1, 0.15) is 12.6 Å². The van der Waals surface area contributed by atoms with Gasteiger partial charge in [-0.3, -0.25) is 13.9 Å². The second kappa shape index (κ2) is 13.6. The van der Waals surface area contributed by atoms with Crippen molar-refractivity contribution < 1.29 is 18.0 Å². The predicted octanol–water partition coefficient (Wildman–Crippen LogP) is 5.34. The molecule has 0 heterocycles. The zero-order chi connectivity index (χ0) is 29.4. The van der Waals surface area contributed by atoms with E-state index in [1.165, 1.54) is 24.1 Å². The van der Waals surface area contributed by atoms with E-state index >= 15 is 0 Å². The first-order chi connectivity index (χ1) is 19.7. The second-order valence-electron chi connectivity index (χ2n) is 9.64. The van der Waals surface area contributed by atoms with E-state index < -0.39 is 28.5 Å². The molecule has 212 valence electrons. The van der Waals surface area contributed by atoms with Crippen molar-refractivity contribution in [3.05, 3.63) is 130 Å². The van der Waals surface area contributed by atoms with Gasteiger partial charge in [0.2, 0.25) is 11.8 Å². The van der Waals surface area contributed by atoms with Crippen molar-refractivity contribution in [3.63, 3.8) is 0 Å². The maximum atomic E-state index is 14.3. The standard InChI is InChI=1S/C32H32BrN3O4S/c1-24-11-9-16-28(19-24)36(41(39,40)29-17-7-4-8-18-29)23-31(37)35(22-26-14-10-15-27(33)20-26)30(32(38)34-2)21-25-12-5-3-6-13-25/h3-20,30H,21-23H2,1-2H3,(H,34,38)/t30-/m0/s1. The van der Waals surface area contributed by atoms with Crippen LogP contribution in [0.2, 0.25) is 0 Å². The van der Waals surface area contributed by atoms with Gasteiger partial charge in [0.25, 0.3) is 10.0 Å². The van der Waals surface area contributed by atoms with Crippen molar-refractivity contribution in [3.8, 4) is 0 Å². The first-order valence-electron chi connectivity index (χ1n) is 13.1. The fraction of sp³-hybridized carbons (Fsp3) is 0.188. The Bertz CT molecular complexity index is 1600. The summed E-state index contributed by atoms with van der Waals surface area (Å²) in [4.78, 5) is 29.1. The van der Waals surface area contributed by atoms with E-state index in [0.29, 0.717) is 5.69 Å². The van der Waals surface area contributed by atoms with Crippen LogP contribution in [0.15, 0.2) is 119 Å². The molecule has 4 rings (SSSR count). The first-order valence-corrected chi connectivity index (χ1v) is 15.4. The normalized spacial score (nSPS) is 11.9. The molecule has 1 atom stereocenters. The molecule has 0 spiro atoms. The third kappa shape index (κ3) is 7.62. The molecular formula is C32H32BrN3O4S. The lowest BCUT2D eigenvalue weighted by Gasteiger charge is -2.33. The third-order valence-electron chi connectivity index (χ3n) is 6.66. The number of sulfonamides is 1. The van der Waals surface area contributed by atoms with Crippen LogP contribution in [0.3, 0.4) is 0 Å². The summed E-state index contributed by atoms with van der Waals surface area (Å²) < 4.78 is 29.8. The van der Waals surface area contributed by atoms with Gasteiger partial charge in [-0.1, -0.05) is 88.7 Å². The lowest BCUT2D eigenvalue weighted by atomic mass is 10.0. The number of halogens is 1. The Labute approximate surface area is 250 Å². The number of anilines is 1. The first kappa shape index (κ1) is 30.0. The van der Waals surface area contributed by atoms with Gasteiger partial charge in [0.05, 0.1) is 10.6 Å². The molecule has 0 aliphatic carbocycles. The Morgan fingerprint density at radius 3 is 2.10 bits per heavy atom. The molecular weight excluding hydrogens is 602 g/mol. The number of rotatable bonds is 11. The zero-order valence-corrected chi connectivity index (χ0v) is 25.3. The Hall–Kier alpha value is -3.95. The van der Waals surface area contributed by atoms with Gasteiger partial charge in [-0.05, 0) is 60.0 Å². The molecule has 0 aliphatic heterocycles. The van der Waals surface area contributed by atoms with Gasteiger partial charge in [0, 0.05) is 24.5 Å². The van der Waals surface area contributed by atoms with E-state index in [1.54, 1.807) is 36.4 Å². The summed E-state index contributed by atoms with van der Waals surface area (Å²) in [5, 5.41) is 2.69. The highest BCUT2D eigenvalue weighted by Gasteiger charge is 2.34. The monoisotopic (exact) mass is 633 g/mol. The van der Waals surface area contributed by atoms with Crippen molar-refractivity contribution >= 4 is 43.5 Å². The van der Waals surface area contributed by atoms with Crippen molar-refractivity contribution in [1.29, 1.82) is 0 Å². The number of nitrogens with one attached hydrogen (secondary N) is 1. The summed E-state index contributed by atoms with van der Waals surface area (Å²) in [6, 6.07) is 31.1. The molecule has 7 nitrogen and oxygen atoms in total. The molecule has 0 unspecified atom stereocenters. The Morgan fingerprint density at radius 1 is 0.829 bits per heavy atom. The average molecular weight is 635 g/mol. The fourth-order valence-corrected chi connectivity index (χ4v) is 6.46. The number of benzene rings is 4. The van der Waals surface area contributed by atoms with Crippen molar-refractivity contribution in [2.24, 2.45) is 0 Å². The average Bonchev–Trinajstić information content (AvgIpc) is 2.98. The molecule has 0 saturated carbocycles. The van der Waals surface area contributed by atoms with Gasteiger partial charge < -0.3 is 10.2 Å². The number of amides is 2. The molecule has 0 saturated heterocycles. The number of aryl methyl sites for hydroxylation is 1. The minimum atomic E-state index is -4.11. The quantitative estimate of drug-likeness (QED) is 0.242. The highest BCUT2D eigenvalue weighted by Crippen LogP contribution is 2.26. The molecule has 41 heavy (non-hydrogen) atoms. The summed E-state index contributed by atoms with van der Waals surface area (Å²) in [5.74, 6) is -0.847. The van der Waals surface area contributed by atoms with Crippen LogP contribution in [0.5, 0.6) is 0 Å². The highest BCUT2D eigenvalue weighted by molar-refractivity contribution is 9.10. The van der Waals surface area contributed by atoms with Gasteiger partial charge in [-0.15, -0.1) is 0 Å². The molecule has 4 aromatic carbocycles. The molecule has 0 bridgehead atoms. The van der Waals surface area contributed by atoms with Crippen LogP contribution in [0.4, 0.5) is 5.69 Å². The minimum Gasteiger partial charge on any atom is -0.357 e. The third-order valence-corrected chi connectivity index (χ3v) is 8.94. The van der Waals surface area contributed by atoms with Gasteiger partial charge in [-0.25, -0.2) is 8.42 Å². The van der Waals surface area contributed by atoms with Gasteiger partial charge in [0.15, 0.2) is 0 Å². The fourth-order valence-electron chi connectivity index (χ4n) is 4.58. The second-order valence-corrected chi connectivity index (χ2v) is 12.4. The smallest absolute Gasteiger partial charge is 0.264 e. The molecule has 0 aliphatic rings. The van der Waals surface area contributed by atoms with Crippen molar-refractivity contribution in [1.82, 2.24) is 10.2 Å². The van der Waals surface area contributed by atoms with E-state index in [1.807, 2.05) is 67.6 Å². The van der Waals surface area contributed by atoms with Crippen molar-refractivity contribution in [2.45, 2.75) is 30.8 Å². The van der Waals surface area contributed by atoms with Crippen LogP contribution in [-0.2, 0) is 32.6 Å². The Balaban J connectivity index is 1.78. The van der Waals surface area contributed by atoms with E-state index in [-0.39, 0.29) is 23.8 Å². The molecule has 4 aromatic rings. The van der Waals surface area contributed by atoms with E-state index in [4.69, 9.17) is 0 Å². The summed E-state index contributed by atoms with van der Waals surface area (Å²) in [6.45, 7) is 1.48. The van der Waals surface area contributed by atoms with Crippen LogP contribution >= 0.6 is 15.9 Å². The lowest BCUT2D eigenvalue weighted by molar-refractivity contribution is -0.139. The maximum Gasteiger partial charge on any atom is 0.264 e. The van der Waals surface area contributed by atoms with Crippen LogP contribution in [0.1, 0.15) is 16.7 Å². The topological polar surface area (TPSA) is 86.8 Å². The molecule has 1 N–H and O–H groups in total. The molecule has 0 radical (unpaired) electrons. The van der Waals surface area contributed by atoms with Crippen LogP contribution < -0.4 is 9.62 Å². The number of nitrogens with zero attached hydrogens (tertiary/aromatic N) is 2. The largest absolute Gasteiger partial charge is 0.357 e. The van der Waals surface area contributed by atoms with E-state index in [9.17, 15) is 18.0 Å². The predicted molar refractivity (Wildman–Crippen MR) is 165 cm³/mol. The molecule has 0 aromatic heterocycles. The number of hydrogen-bond acceptors (Lipinski definition) is 4. The Morgan fingerprint density at radius 2 is 1.46 bits per heavy atom. The van der Waals surface area contributed by atoms with Crippen molar-refractivity contribution in [2.75, 3.05) is 17.9 Å². The lowest BCUT2D eigenvalue weighted by Crippen LogP contribution is -2.53. The SMILES string of the molecule is CNC(=O)[C@H](Cc1ccccc1)N(Cc1cccc(Br)c1)C(=O)CN(c1cccc(C)c1)S(=O)(=O)c1ccccc1. The van der Waals surface area contributed by atoms with Crippen LogP contribution in [-0.4, -0.2) is 44.8 Å². The summed E-state index contributed by atoms with van der Waals surface area (Å²) in [6.07, 6.45) is 0.260. The van der Waals surface area contributed by atoms with Crippen LogP contribution in [0, 0.1) is 6.92 Å². The molecule has 2 amide bonds. The highest BCUT2D eigenvalue weighted by atomic mass is 79.9. The number of carbonyl (C=O) groups is 2. The van der Waals surface area contributed by atoms with Crippen LogP contribution in [0.25, 0.3) is 0 Å².